The van der Waals surface area contributed by atoms with E-state index >= 15 is 0 Å². The lowest BCUT2D eigenvalue weighted by Gasteiger charge is -2.25. The molecule has 32 heavy (non-hydrogen) atoms. The van der Waals surface area contributed by atoms with Crippen LogP contribution in [0, 0.1) is 0 Å². The fourth-order valence-electron chi connectivity index (χ4n) is 4.28. The average molecular weight is 436 g/mol. The zero-order chi connectivity index (χ0) is 22.1. The topological polar surface area (TPSA) is 96.0 Å². The number of hydrogen-bond acceptors (Lipinski definition) is 5. The van der Waals surface area contributed by atoms with Crippen LogP contribution < -0.4 is 5.56 Å². The lowest BCUT2D eigenvalue weighted by molar-refractivity contribution is 0.0371. The SMILES string of the molecule is C=CCCn1cc(-c2cc(C(=O)CN3CCOCC3)cc3[nH]cnc23)c2cc[nH]c2c1=O.[HH].[HH]. The number of nitrogens with zero attached hydrogens (tertiary/aromatic N) is 3. The molecule has 0 unspecified atom stereocenters. The molecule has 3 aromatic heterocycles. The van der Waals surface area contributed by atoms with Crippen molar-refractivity contribution in [2.45, 2.75) is 13.0 Å². The van der Waals surface area contributed by atoms with E-state index in [1.54, 1.807) is 23.2 Å². The number of morpholine rings is 1. The van der Waals surface area contributed by atoms with Crippen molar-refractivity contribution in [2.24, 2.45) is 0 Å². The number of H-pyrrole nitrogens is 2. The Bertz CT molecular complexity index is 1370. The van der Waals surface area contributed by atoms with E-state index < -0.39 is 0 Å². The fraction of sp³-hybridized carbons (Fsp3) is 0.292. The molecule has 0 radical (unpaired) electrons. The van der Waals surface area contributed by atoms with Crippen molar-refractivity contribution in [2.75, 3.05) is 32.8 Å². The summed E-state index contributed by atoms with van der Waals surface area (Å²) >= 11 is 0. The number of pyridine rings is 1. The van der Waals surface area contributed by atoms with Gasteiger partial charge in [0.1, 0.15) is 5.52 Å². The number of hydrogen-bond donors (Lipinski definition) is 2. The highest BCUT2D eigenvalue weighted by Gasteiger charge is 2.20. The Labute approximate surface area is 187 Å². The van der Waals surface area contributed by atoms with Crippen LogP contribution in [0.4, 0.5) is 0 Å². The van der Waals surface area contributed by atoms with E-state index in [0.29, 0.717) is 43.8 Å². The number of benzene rings is 1. The number of imidazole rings is 1. The summed E-state index contributed by atoms with van der Waals surface area (Å²) in [7, 11) is 0. The van der Waals surface area contributed by atoms with Gasteiger partial charge in [-0.25, -0.2) is 4.98 Å². The molecule has 8 nitrogen and oxygen atoms in total. The van der Waals surface area contributed by atoms with Crippen molar-refractivity contribution in [3.8, 4) is 11.1 Å². The monoisotopic (exact) mass is 435 g/mol. The third-order valence-corrected chi connectivity index (χ3v) is 5.98. The molecule has 5 rings (SSSR count). The highest BCUT2D eigenvalue weighted by Crippen LogP contribution is 2.32. The van der Waals surface area contributed by atoms with Gasteiger partial charge < -0.3 is 19.3 Å². The molecule has 0 saturated carbocycles. The summed E-state index contributed by atoms with van der Waals surface area (Å²) in [6.45, 7) is 7.45. The van der Waals surface area contributed by atoms with Gasteiger partial charge in [-0.15, -0.1) is 6.58 Å². The summed E-state index contributed by atoms with van der Waals surface area (Å²) in [5.41, 5.74) is 4.34. The van der Waals surface area contributed by atoms with Gasteiger partial charge in [-0.2, -0.15) is 0 Å². The number of allylic oxidation sites excluding steroid dienone is 1. The number of rotatable bonds is 7. The number of carbonyl (C=O) groups excluding carboxylic acids is 1. The van der Waals surface area contributed by atoms with Crippen LogP contribution in [0.25, 0.3) is 33.1 Å². The molecule has 168 valence electrons. The largest absolute Gasteiger partial charge is 0.379 e. The number of fused-ring (bicyclic) bond motifs is 2. The standard InChI is InChI=1S/C24H25N5O3.2H2/c1-2-3-6-29-13-19(17-4-5-25-23(17)24(29)31)18-11-16(12-20-22(18)27-15-26-20)21(30)14-28-7-9-32-10-8-28;;/h2,4-5,11-13,15,25H,1,3,6-10,14H2,(H,26,27);2*1H. The molecule has 2 N–H and O–H groups in total. The second kappa shape index (κ2) is 8.57. The molecule has 4 aromatic rings. The zero-order valence-electron chi connectivity index (χ0n) is 17.8. The zero-order valence-corrected chi connectivity index (χ0v) is 17.8. The summed E-state index contributed by atoms with van der Waals surface area (Å²) in [5, 5.41) is 0.812. The molecule has 0 bridgehead atoms. The first-order valence-corrected chi connectivity index (χ1v) is 10.8. The first-order valence-electron chi connectivity index (χ1n) is 10.8. The summed E-state index contributed by atoms with van der Waals surface area (Å²) in [4.78, 5) is 38.9. The summed E-state index contributed by atoms with van der Waals surface area (Å²) in [5.74, 6) is 0.0509. The molecule has 4 heterocycles. The minimum Gasteiger partial charge on any atom is -0.379 e. The maximum absolute atomic E-state index is 13.1. The molecule has 1 fully saturated rings. The van der Waals surface area contributed by atoms with Gasteiger partial charge in [0.2, 0.25) is 0 Å². The Balaban J connectivity index is 0.00000162. The van der Waals surface area contributed by atoms with Crippen molar-refractivity contribution < 1.29 is 12.4 Å². The molecular weight excluding hydrogens is 406 g/mol. The van der Waals surface area contributed by atoms with Crippen LogP contribution in [0.15, 0.2) is 54.4 Å². The van der Waals surface area contributed by atoms with Gasteiger partial charge in [0.15, 0.2) is 5.78 Å². The lowest BCUT2D eigenvalue weighted by Crippen LogP contribution is -2.39. The van der Waals surface area contributed by atoms with Gasteiger partial charge in [0.05, 0.1) is 37.1 Å². The molecule has 0 spiro atoms. The molecule has 0 amide bonds. The Morgan fingerprint density at radius 1 is 1.25 bits per heavy atom. The minimum atomic E-state index is -0.0755. The Morgan fingerprint density at radius 3 is 2.91 bits per heavy atom. The van der Waals surface area contributed by atoms with E-state index in [1.165, 1.54) is 0 Å². The predicted octanol–water partition coefficient (Wildman–Crippen LogP) is 3.46. The fourth-order valence-corrected chi connectivity index (χ4v) is 4.28. The Kier molecular flexibility index (Phi) is 5.46. The first kappa shape index (κ1) is 20.4. The third-order valence-electron chi connectivity index (χ3n) is 5.98. The number of aryl methyl sites for hydroxylation is 1. The number of nitrogens with one attached hydrogen (secondary N) is 2. The summed E-state index contributed by atoms with van der Waals surface area (Å²) < 4.78 is 7.08. The van der Waals surface area contributed by atoms with Crippen LogP contribution in [0.5, 0.6) is 0 Å². The van der Waals surface area contributed by atoms with Crippen molar-refractivity contribution in [3.05, 3.63) is 65.5 Å². The molecular formula is C24H29N5O3. The Morgan fingerprint density at radius 2 is 2.09 bits per heavy atom. The number of ketones is 1. The second-order valence-corrected chi connectivity index (χ2v) is 8.02. The Hall–Kier alpha value is -3.49. The van der Waals surface area contributed by atoms with Crippen molar-refractivity contribution in [1.82, 2.24) is 24.4 Å². The number of aromatic amines is 2. The lowest BCUT2D eigenvalue weighted by atomic mass is 9.98. The quantitative estimate of drug-likeness (QED) is 0.342. The van der Waals surface area contributed by atoms with Gasteiger partial charge in [0.25, 0.3) is 5.56 Å². The molecule has 8 heteroatoms. The normalized spacial score (nSPS) is 14.9. The van der Waals surface area contributed by atoms with Crippen LogP contribution in [-0.4, -0.2) is 63.1 Å². The van der Waals surface area contributed by atoms with Gasteiger partial charge in [-0.05, 0) is 24.6 Å². The number of ether oxygens (including phenoxy) is 1. The highest BCUT2D eigenvalue weighted by atomic mass is 16.5. The van der Waals surface area contributed by atoms with Gasteiger partial charge in [-0.3, -0.25) is 14.5 Å². The van der Waals surface area contributed by atoms with Crippen LogP contribution in [-0.2, 0) is 11.3 Å². The molecule has 1 aliphatic heterocycles. The van der Waals surface area contributed by atoms with E-state index in [1.807, 2.05) is 24.4 Å². The van der Waals surface area contributed by atoms with E-state index in [2.05, 4.69) is 26.4 Å². The molecule has 1 saturated heterocycles. The van der Waals surface area contributed by atoms with Crippen molar-refractivity contribution in [3.63, 3.8) is 0 Å². The second-order valence-electron chi connectivity index (χ2n) is 8.02. The average Bonchev–Trinajstić information content (AvgIpc) is 3.49. The third kappa shape index (κ3) is 3.68. The van der Waals surface area contributed by atoms with Gasteiger partial charge in [0, 0.05) is 57.0 Å². The first-order chi connectivity index (χ1) is 15.7. The van der Waals surface area contributed by atoms with E-state index in [-0.39, 0.29) is 14.2 Å². The van der Waals surface area contributed by atoms with Crippen molar-refractivity contribution in [1.29, 1.82) is 0 Å². The van der Waals surface area contributed by atoms with Gasteiger partial charge in [-0.1, -0.05) is 6.08 Å². The number of carbonyl (C=O) groups is 1. The number of Topliss-reactive ketones (excluding diaryl/α,β-unsaturated/α-hetero) is 1. The molecule has 0 atom stereocenters. The summed E-state index contributed by atoms with van der Waals surface area (Å²) in [6.07, 6.45) is 7.74. The van der Waals surface area contributed by atoms with Crippen LogP contribution >= 0.6 is 0 Å². The molecule has 0 aliphatic carbocycles. The van der Waals surface area contributed by atoms with Crippen LogP contribution in [0.2, 0.25) is 0 Å². The predicted molar refractivity (Wildman–Crippen MR) is 128 cm³/mol. The van der Waals surface area contributed by atoms with Gasteiger partial charge >= 0.3 is 0 Å². The highest BCUT2D eigenvalue weighted by molar-refractivity contribution is 6.07. The van der Waals surface area contributed by atoms with Crippen LogP contribution in [0.1, 0.15) is 19.6 Å². The minimum absolute atomic E-state index is 0. The molecule has 1 aliphatic rings. The maximum Gasteiger partial charge on any atom is 0.274 e. The number of aromatic nitrogens is 4. The summed E-state index contributed by atoms with van der Waals surface area (Å²) in [6, 6.07) is 5.65. The van der Waals surface area contributed by atoms with E-state index in [0.717, 1.165) is 40.6 Å². The van der Waals surface area contributed by atoms with Crippen LogP contribution in [0.3, 0.4) is 0 Å². The molecule has 1 aromatic carbocycles. The maximum atomic E-state index is 13.1. The van der Waals surface area contributed by atoms with E-state index in [4.69, 9.17) is 4.74 Å². The van der Waals surface area contributed by atoms with E-state index in [9.17, 15) is 9.59 Å². The smallest absolute Gasteiger partial charge is 0.274 e. The van der Waals surface area contributed by atoms with Crippen molar-refractivity contribution >= 4 is 27.7 Å².